The third-order valence-corrected chi connectivity index (χ3v) is 3.52. The Bertz CT molecular complexity index is 568. The first-order valence-electron chi connectivity index (χ1n) is 7.85. The number of aliphatic carboxylic acids is 1. The average Bonchev–Trinajstić information content (AvgIpc) is 2.51. The summed E-state index contributed by atoms with van der Waals surface area (Å²) in [6.07, 6.45) is 1.69. The fraction of sp³-hybridized carbons (Fsp3) is 0.562. The Kier molecular flexibility index (Phi) is 7.59. The highest BCUT2D eigenvalue weighted by molar-refractivity contribution is 6.15. The highest BCUT2D eigenvalue weighted by Crippen LogP contribution is 2.22. The molecule has 1 saturated heterocycles. The van der Waals surface area contributed by atoms with Crippen LogP contribution in [0.15, 0.2) is 23.7 Å². The first kappa shape index (κ1) is 20.7. The number of carboxylic acid groups (broad SMARTS) is 1. The van der Waals surface area contributed by atoms with E-state index in [-0.39, 0.29) is 18.3 Å². The molecule has 0 bridgehead atoms. The van der Waals surface area contributed by atoms with Crippen LogP contribution in [0.1, 0.15) is 20.8 Å². The maximum atomic E-state index is 12.5. The van der Waals surface area contributed by atoms with E-state index >= 15 is 0 Å². The van der Waals surface area contributed by atoms with Crippen molar-refractivity contribution in [3.05, 3.63) is 23.7 Å². The van der Waals surface area contributed by atoms with Gasteiger partial charge in [-0.25, -0.2) is 4.79 Å². The number of hydrazine groups is 1. The van der Waals surface area contributed by atoms with Crippen molar-refractivity contribution in [2.75, 3.05) is 33.5 Å². The second-order valence-electron chi connectivity index (χ2n) is 6.05. The second-order valence-corrected chi connectivity index (χ2v) is 6.05. The van der Waals surface area contributed by atoms with Gasteiger partial charge in [0.2, 0.25) is 0 Å². The van der Waals surface area contributed by atoms with Crippen molar-refractivity contribution in [3.8, 4) is 0 Å². The predicted molar refractivity (Wildman–Crippen MR) is 89.0 cm³/mol. The van der Waals surface area contributed by atoms with E-state index in [4.69, 9.17) is 4.74 Å². The zero-order valence-corrected chi connectivity index (χ0v) is 14.9. The van der Waals surface area contributed by atoms with Gasteiger partial charge in [0.1, 0.15) is 11.8 Å². The smallest absolute Gasteiger partial charge is 0.340 e. The lowest BCUT2D eigenvalue weighted by atomic mass is 10.2. The molecule has 0 unspecified atom stereocenters. The minimum absolute atomic E-state index is 0.136. The lowest BCUT2D eigenvalue weighted by Crippen LogP contribution is -2.57. The number of carbonyl (C=O) groups excluding carboxylic acids is 2. The molecule has 1 heterocycles. The van der Waals surface area contributed by atoms with Gasteiger partial charge in [-0.1, -0.05) is 13.8 Å². The topological polar surface area (TPSA) is 111 Å². The molecule has 0 saturated carbocycles. The fourth-order valence-corrected chi connectivity index (χ4v) is 2.37. The van der Waals surface area contributed by atoms with Crippen LogP contribution in [0.3, 0.4) is 0 Å². The number of carboxylic acids is 1. The van der Waals surface area contributed by atoms with Crippen LogP contribution in [-0.4, -0.2) is 76.3 Å². The summed E-state index contributed by atoms with van der Waals surface area (Å²) in [4.78, 5) is 36.9. The Morgan fingerprint density at radius 1 is 1.36 bits per heavy atom. The number of aliphatic hydroxyl groups excluding tert-OH is 1. The Balaban J connectivity index is 3.29. The largest absolute Gasteiger partial charge is 0.513 e. The van der Waals surface area contributed by atoms with Crippen LogP contribution < -0.4 is 0 Å². The number of amides is 1. The van der Waals surface area contributed by atoms with Gasteiger partial charge in [0.25, 0.3) is 5.91 Å². The van der Waals surface area contributed by atoms with Crippen LogP contribution in [0.4, 0.5) is 0 Å². The van der Waals surface area contributed by atoms with E-state index in [0.717, 1.165) is 13.1 Å². The van der Waals surface area contributed by atoms with Crippen LogP contribution in [-0.2, 0) is 19.1 Å². The molecule has 25 heavy (non-hydrogen) atoms. The molecule has 0 radical (unpaired) electrons. The van der Waals surface area contributed by atoms with Crippen molar-refractivity contribution < 1.29 is 29.3 Å². The molecule has 1 rings (SSSR count). The van der Waals surface area contributed by atoms with Crippen LogP contribution in [0.25, 0.3) is 0 Å². The average molecular weight is 355 g/mol. The molecule has 0 aromatic rings. The summed E-state index contributed by atoms with van der Waals surface area (Å²) in [5, 5.41) is 21.7. The Morgan fingerprint density at radius 2 is 2.00 bits per heavy atom. The Hall–Kier alpha value is -2.39. The molecule has 2 N–H and O–H groups in total. The minimum Gasteiger partial charge on any atom is -0.513 e. The standard InChI is InChI=1S/C16H25N3O6/c1-11(2)7-18-10-17(5-6-25-4)15(22)14(9-20)19(18)8-13(12(3)21)16(23)24/h8-9,11,20H,5-7,10H2,1-4H3,(H,23,24)/b13-8+,14-9+. The molecule has 140 valence electrons. The highest BCUT2D eigenvalue weighted by atomic mass is 16.5. The van der Waals surface area contributed by atoms with Crippen LogP contribution in [0.2, 0.25) is 0 Å². The molecule has 1 fully saturated rings. The van der Waals surface area contributed by atoms with Gasteiger partial charge in [0.15, 0.2) is 11.5 Å². The molecule has 1 aliphatic heterocycles. The van der Waals surface area contributed by atoms with E-state index < -0.39 is 23.2 Å². The molecule has 9 heteroatoms. The molecule has 0 aromatic carbocycles. The third kappa shape index (κ3) is 5.30. The summed E-state index contributed by atoms with van der Waals surface area (Å²) >= 11 is 0. The summed E-state index contributed by atoms with van der Waals surface area (Å²) in [5.41, 5.74) is -0.616. The molecule has 1 aliphatic rings. The highest BCUT2D eigenvalue weighted by Gasteiger charge is 2.35. The van der Waals surface area contributed by atoms with Gasteiger partial charge < -0.3 is 19.8 Å². The summed E-state index contributed by atoms with van der Waals surface area (Å²) in [6.45, 7) is 6.35. The zero-order chi connectivity index (χ0) is 19.1. The molecular formula is C16H25N3O6. The Morgan fingerprint density at radius 3 is 2.44 bits per heavy atom. The summed E-state index contributed by atoms with van der Waals surface area (Å²) < 4.78 is 4.99. The first-order valence-corrected chi connectivity index (χ1v) is 7.85. The van der Waals surface area contributed by atoms with E-state index in [1.54, 1.807) is 5.01 Å². The molecule has 1 amide bonds. The van der Waals surface area contributed by atoms with Crippen molar-refractivity contribution in [2.24, 2.45) is 5.92 Å². The second kappa shape index (κ2) is 9.19. The van der Waals surface area contributed by atoms with Crippen LogP contribution in [0.5, 0.6) is 0 Å². The molecule has 0 atom stereocenters. The van der Waals surface area contributed by atoms with Gasteiger partial charge in [0, 0.05) is 26.4 Å². The molecule has 0 spiro atoms. The quantitative estimate of drug-likeness (QED) is 0.281. The maximum absolute atomic E-state index is 12.5. The molecule has 0 aliphatic carbocycles. The van der Waals surface area contributed by atoms with Gasteiger partial charge in [-0.15, -0.1) is 0 Å². The number of methoxy groups -OCH3 is 1. The van der Waals surface area contributed by atoms with Gasteiger partial charge in [-0.05, 0) is 12.8 Å². The number of ether oxygens (including phenoxy) is 1. The van der Waals surface area contributed by atoms with Crippen molar-refractivity contribution in [2.45, 2.75) is 20.8 Å². The van der Waals surface area contributed by atoms with E-state index in [9.17, 15) is 24.6 Å². The first-order chi connectivity index (χ1) is 11.7. The van der Waals surface area contributed by atoms with Crippen molar-refractivity contribution in [3.63, 3.8) is 0 Å². The normalized spacial score (nSPS) is 18.4. The maximum Gasteiger partial charge on any atom is 0.340 e. The third-order valence-electron chi connectivity index (χ3n) is 3.52. The summed E-state index contributed by atoms with van der Waals surface area (Å²) in [7, 11) is 1.52. The SMILES string of the molecule is COCCN1CN(CC(C)C)N(/C=C(\C(C)=O)C(=O)O)/C(=C/O)C1=O. The lowest BCUT2D eigenvalue weighted by Gasteiger charge is -2.44. The molecule has 9 nitrogen and oxygen atoms in total. The summed E-state index contributed by atoms with van der Waals surface area (Å²) in [5.74, 6) is -2.34. The molecule has 0 aromatic heterocycles. The van der Waals surface area contributed by atoms with Crippen LogP contribution in [0, 0.1) is 5.92 Å². The Labute approximate surface area is 146 Å². The van der Waals surface area contributed by atoms with E-state index in [2.05, 4.69) is 0 Å². The summed E-state index contributed by atoms with van der Waals surface area (Å²) in [6, 6.07) is 0. The number of hydrogen-bond donors (Lipinski definition) is 2. The predicted octanol–water partition coefficient (Wildman–Crippen LogP) is 0.564. The lowest BCUT2D eigenvalue weighted by molar-refractivity contribution is -0.147. The number of hydrogen-bond acceptors (Lipinski definition) is 7. The number of Topliss-reactive ketones (excluding diaryl/α,β-unsaturated/α-hetero) is 1. The number of carbonyl (C=O) groups is 3. The van der Waals surface area contributed by atoms with Gasteiger partial charge in [0.05, 0.1) is 13.3 Å². The minimum atomic E-state index is -1.40. The monoisotopic (exact) mass is 355 g/mol. The van der Waals surface area contributed by atoms with Crippen molar-refractivity contribution in [1.29, 1.82) is 0 Å². The number of ketones is 1. The van der Waals surface area contributed by atoms with Crippen LogP contribution >= 0.6 is 0 Å². The van der Waals surface area contributed by atoms with Gasteiger partial charge in [-0.3, -0.25) is 14.6 Å². The van der Waals surface area contributed by atoms with Crippen molar-refractivity contribution >= 4 is 17.7 Å². The number of nitrogens with zero attached hydrogens (tertiary/aromatic N) is 3. The van der Waals surface area contributed by atoms with E-state index in [0.29, 0.717) is 26.0 Å². The fourth-order valence-electron chi connectivity index (χ4n) is 2.37. The molecular weight excluding hydrogens is 330 g/mol. The van der Waals surface area contributed by atoms with E-state index in [1.807, 2.05) is 13.8 Å². The number of rotatable bonds is 8. The van der Waals surface area contributed by atoms with Gasteiger partial charge >= 0.3 is 5.97 Å². The van der Waals surface area contributed by atoms with E-state index in [1.165, 1.54) is 17.0 Å². The van der Waals surface area contributed by atoms with Crippen molar-refractivity contribution in [1.82, 2.24) is 14.9 Å². The number of aliphatic hydroxyl groups is 1. The zero-order valence-electron chi connectivity index (χ0n) is 14.9. The van der Waals surface area contributed by atoms with Gasteiger partial charge in [-0.2, -0.15) is 5.01 Å².